The van der Waals surface area contributed by atoms with Crippen molar-refractivity contribution in [2.45, 2.75) is 239 Å². The number of carbonyl (C=O) groups is 3. The first-order valence-corrected chi connectivity index (χ1v) is 27.0. The minimum Gasteiger partial charge on any atom is -0.462 e. The van der Waals surface area contributed by atoms with Crippen molar-refractivity contribution in [2.24, 2.45) is 0 Å². The molecule has 0 bridgehead atoms. The molecule has 0 aliphatic heterocycles. The maximum absolute atomic E-state index is 12.8. The first-order chi connectivity index (χ1) is 32.5. The Bertz CT molecular complexity index is 1370. The van der Waals surface area contributed by atoms with Crippen LogP contribution in [0.1, 0.15) is 233 Å². The van der Waals surface area contributed by atoms with Crippen LogP contribution in [0.3, 0.4) is 0 Å². The molecule has 0 aliphatic carbocycles. The Kier molecular flexibility index (Phi) is 50.5. The van der Waals surface area contributed by atoms with Gasteiger partial charge < -0.3 is 14.2 Å². The molecule has 0 amide bonds. The lowest BCUT2D eigenvalue weighted by molar-refractivity contribution is -0.167. The van der Waals surface area contributed by atoms with Crippen molar-refractivity contribution >= 4 is 17.9 Å². The van der Waals surface area contributed by atoms with Gasteiger partial charge in [-0.25, -0.2) is 0 Å². The maximum Gasteiger partial charge on any atom is 0.306 e. The third-order valence-corrected chi connectivity index (χ3v) is 11.1. The van der Waals surface area contributed by atoms with Gasteiger partial charge in [0.15, 0.2) is 6.10 Å². The smallest absolute Gasteiger partial charge is 0.306 e. The van der Waals surface area contributed by atoms with Gasteiger partial charge in [-0.15, -0.1) is 0 Å². The number of rotatable bonds is 47. The molecule has 0 aromatic carbocycles. The Hall–Kier alpha value is -3.93. The molecule has 6 nitrogen and oxygen atoms in total. The largest absolute Gasteiger partial charge is 0.462 e. The molecule has 66 heavy (non-hydrogen) atoms. The van der Waals surface area contributed by atoms with Crippen molar-refractivity contribution in [1.29, 1.82) is 0 Å². The molecular weight excluding hydrogens is 817 g/mol. The number of ether oxygens (including phenoxy) is 3. The van der Waals surface area contributed by atoms with Crippen LogP contribution in [0.4, 0.5) is 0 Å². The van der Waals surface area contributed by atoms with Crippen LogP contribution in [0.2, 0.25) is 0 Å². The summed E-state index contributed by atoms with van der Waals surface area (Å²) in [6.07, 6.45) is 72.2. The van der Waals surface area contributed by atoms with Gasteiger partial charge in [-0.1, -0.05) is 220 Å². The van der Waals surface area contributed by atoms with Crippen molar-refractivity contribution in [3.05, 3.63) is 109 Å². The fourth-order valence-electron chi connectivity index (χ4n) is 7.05. The Morgan fingerprint density at radius 2 is 0.652 bits per heavy atom. The number of esters is 3. The topological polar surface area (TPSA) is 78.9 Å². The lowest BCUT2D eigenvalue weighted by Crippen LogP contribution is -2.30. The van der Waals surface area contributed by atoms with Crippen molar-refractivity contribution in [3.8, 4) is 0 Å². The van der Waals surface area contributed by atoms with E-state index in [0.29, 0.717) is 12.8 Å². The van der Waals surface area contributed by atoms with Gasteiger partial charge in [0.05, 0.1) is 0 Å². The summed E-state index contributed by atoms with van der Waals surface area (Å²) in [5.41, 5.74) is 0. The Labute approximate surface area is 406 Å². The summed E-state index contributed by atoms with van der Waals surface area (Å²) < 4.78 is 16.7. The van der Waals surface area contributed by atoms with E-state index in [2.05, 4.69) is 130 Å². The highest BCUT2D eigenvalue weighted by molar-refractivity contribution is 5.71. The van der Waals surface area contributed by atoms with Gasteiger partial charge in [-0.2, -0.15) is 0 Å². The normalized spacial score (nSPS) is 13.0. The van der Waals surface area contributed by atoms with E-state index in [4.69, 9.17) is 14.2 Å². The number of hydrogen-bond acceptors (Lipinski definition) is 6. The molecule has 0 fully saturated rings. The predicted molar refractivity (Wildman–Crippen MR) is 283 cm³/mol. The van der Waals surface area contributed by atoms with Crippen molar-refractivity contribution in [2.75, 3.05) is 13.2 Å². The molecular formula is C60H98O6. The van der Waals surface area contributed by atoms with E-state index in [-0.39, 0.29) is 37.5 Å². The fraction of sp³-hybridized carbons (Fsp3) is 0.650. The molecule has 6 heteroatoms. The van der Waals surface area contributed by atoms with E-state index in [0.717, 1.165) is 128 Å². The molecule has 1 atom stereocenters. The molecule has 374 valence electrons. The quantitative estimate of drug-likeness (QED) is 0.0199. The second kappa shape index (κ2) is 53.7. The van der Waals surface area contributed by atoms with Gasteiger partial charge >= 0.3 is 17.9 Å². The van der Waals surface area contributed by atoms with E-state index in [1.807, 2.05) is 0 Å². The molecule has 0 saturated heterocycles. The molecule has 0 N–H and O–H groups in total. The molecule has 0 rings (SSSR count). The first kappa shape index (κ1) is 62.1. The van der Waals surface area contributed by atoms with Gasteiger partial charge in [-0.05, 0) is 103 Å². The Morgan fingerprint density at radius 3 is 1.08 bits per heavy atom. The molecule has 0 saturated carbocycles. The SMILES string of the molecule is CC/C=C\C/C=C\C/C=C\CCCCC(=O)OCC(COC(=O)CCCCCCC\C=C/C=C\C=C/CCCCCCC)OC(=O)CCCCCCC\C=C/C=C\C=C/CCCCCCC. The van der Waals surface area contributed by atoms with E-state index in [1.54, 1.807) is 0 Å². The second-order valence-electron chi connectivity index (χ2n) is 17.5. The summed E-state index contributed by atoms with van der Waals surface area (Å²) in [4.78, 5) is 38.0. The summed E-state index contributed by atoms with van der Waals surface area (Å²) in [5.74, 6) is -0.994. The molecule has 0 aromatic heterocycles. The number of allylic oxidation sites excluding steroid dienone is 18. The predicted octanol–water partition coefficient (Wildman–Crippen LogP) is 17.9. The average Bonchev–Trinajstić information content (AvgIpc) is 3.31. The van der Waals surface area contributed by atoms with Gasteiger partial charge in [0.1, 0.15) is 13.2 Å². The molecule has 0 spiro atoms. The van der Waals surface area contributed by atoms with Crippen LogP contribution in [-0.2, 0) is 28.6 Å². The Balaban J connectivity index is 4.51. The molecule has 0 radical (unpaired) electrons. The maximum atomic E-state index is 12.8. The lowest BCUT2D eigenvalue weighted by Gasteiger charge is -2.18. The molecule has 0 aliphatic rings. The number of unbranched alkanes of at least 4 members (excludes halogenated alkanes) is 22. The standard InChI is InChI=1S/C60H98O6/c1-4-7-10-13-16-19-22-25-27-29-31-33-35-38-41-44-47-50-53-59(62)65-56-57(55-64-58(61)52-49-46-43-40-37-24-21-18-15-12-9-6-3)66-60(63)54-51-48-45-42-39-36-34-32-30-28-26-23-20-17-14-11-8-5-2/h9,12,18,21-23,25-34,37,40,57H,4-8,10-11,13-17,19-20,24,35-36,38-39,41-56H2,1-3H3/b12-9-,21-18-,25-22-,26-23-,29-27-,30-28-,33-31-,34-32-,40-37-. The summed E-state index contributed by atoms with van der Waals surface area (Å²) in [6, 6.07) is 0. The van der Waals surface area contributed by atoms with Crippen molar-refractivity contribution < 1.29 is 28.6 Å². The number of hydrogen-bond donors (Lipinski definition) is 0. The highest BCUT2D eigenvalue weighted by Crippen LogP contribution is 2.13. The van der Waals surface area contributed by atoms with Crippen LogP contribution in [0.15, 0.2) is 109 Å². The van der Waals surface area contributed by atoms with Crippen LogP contribution in [-0.4, -0.2) is 37.2 Å². The lowest BCUT2D eigenvalue weighted by atomic mass is 10.1. The number of carbonyl (C=O) groups excluding carboxylic acids is 3. The highest BCUT2D eigenvalue weighted by Gasteiger charge is 2.19. The van der Waals surface area contributed by atoms with E-state index in [9.17, 15) is 14.4 Å². The zero-order valence-electron chi connectivity index (χ0n) is 42.7. The van der Waals surface area contributed by atoms with Crippen molar-refractivity contribution in [1.82, 2.24) is 0 Å². The van der Waals surface area contributed by atoms with E-state index >= 15 is 0 Å². The average molecular weight is 915 g/mol. The molecule has 0 aromatic rings. The zero-order chi connectivity index (χ0) is 47.9. The fourth-order valence-corrected chi connectivity index (χ4v) is 7.05. The third-order valence-electron chi connectivity index (χ3n) is 11.1. The minimum atomic E-state index is -0.815. The van der Waals surface area contributed by atoms with Gasteiger partial charge in [0.25, 0.3) is 0 Å². The zero-order valence-corrected chi connectivity index (χ0v) is 42.7. The monoisotopic (exact) mass is 915 g/mol. The summed E-state index contributed by atoms with van der Waals surface area (Å²) in [7, 11) is 0. The first-order valence-electron chi connectivity index (χ1n) is 27.0. The Morgan fingerprint density at radius 1 is 0.333 bits per heavy atom. The van der Waals surface area contributed by atoms with Crippen molar-refractivity contribution in [3.63, 3.8) is 0 Å². The van der Waals surface area contributed by atoms with Crippen LogP contribution >= 0.6 is 0 Å². The van der Waals surface area contributed by atoms with Gasteiger partial charge in [0.2, 0.25) is 0 Å². The summed E-state index contributed by atoms with van der Waals surface area (Å²) >= 11 is 0. The summed E-state index contributed by atoms with van der Waals surface area (Å²) in [6.45, 7) is 6.41. The van der Waals surface area contributed by atoms with Gasteiger partial charge in [-0.3, -0.25) is 14.4 Å². The molecule has 1 unspecified atom stereocenters. The van der Waals surface area contributed by atoms with Gasteiger partial charge in [0, 0.05) is 19.3 Å². The van der Waals surface area contributed by atoms with Crippen LogP contribution in [0.5, 0.6) is 0 Å². The summed E-state index contributed by atoms with van der Waals surface area (Å²) in [5, 5.41) is 0. The minimum absolute atomic E-state index is 0.111. The van der Waals surface area contributed by atoms with Crippen LogP contribution < -0.4 is 0 Å². The van der Waals surface area contributed by atoms with E-state index < -0.39 is 6.10 Å². The van der Waals surface area contributed by atoms with Crippen LogP contribution in [0.25, 0.3) is 0 Å². The van der Waals surface area contributed by atoms with E-state index in [1.165, 1.54) is 64.2 Å². The highest BCUT2D eigenvalue weighted by atomic mass is 16.6. The van der Waals surface area contributed by atoms with Crippen LogP contribution in [0, 0.1) is 0 Å². The second-order valence-corrected chi connectivity index (χ2v) is 17.5. The molecule has 0 heterocycles. The third kappa shape index (κ3) is 51.1.